The van der Waals surface area contributed by atoms with Crippen LogP contribution in [0.2, 0.25) is 0 Å². The summed E-state index contributed by atoms with van der Waals surface area (Å²) in [7, 11) is 0. The number of hydrogen-bond donors (Lipinski definition) is 1. The molecular weight excluding hydrogens is 356 g/mol. The van der Waals surface area contributed by atoms with E-state index in [0.29, 0.717) is 6.04 Å². The standard InChI is InChI=1S/C21H28N4OS/c26-20(25-12-4-7-19(25)13-16-5-2-1-3-6-16)18-10-8-17(9-11-18)14-27-21-22-15-23-24-21/h8-11,15-16,19H,1-7,12-14H2,(H,22,23,24). The van der Waals surface area contributed by atoms with Gasteiger partial charge >= 0.3 is 0 Å². The molecule has 0 bridgehead atoms. The summed E-state index contributed by atoms with van der Waals surface area (Å²) < 4.78 is 0. The molecule has 2 aromatic rings. The molecule has 0 spiro atoms. The molecular formula is C21H28N4OS. The van der Waals surface area contributed by atoms with Crippen LogP contribution in [0.25, 0.3) is 0 Å². The number of likely N-dealkylation sites (tertiary alicyclic amines) is 1. The van der Waals surface area contributed by atoms with Crippen LogP contribution >= 0.6 is 11.8 Å². The molecule has 1 N–H and O–H groups in total. The van der Waals surface area contributed by atoms with E-state index >= 15 is 0 Å². The zero-order chi connectivity index (χ0) is 18.5. The second-order valence-electron chi connectivity index (χ2n) is 7.81. The van der Waals surface area contributed by atoms with Crippen LogP contribution in [0.15, 0.2) is 35.7 Å². The second kappa shape index (κ2) is 8.91. The van der Waals surface area contributed by atoms with Gasteiger partial charge in [0.2, 0.25) is 0 Å². The normalized spacial score (nSPS) is 20.9. The highest BCUT2D eigenvalue weighted by molar-refractivity contribution is 7.98. The van der Waals surface area contributed by atoms with E-state index in [2.05, 4.69) is 32.2 Å². The van der Waals surface area contributed by atoms with Crippen molar-refractivity contribution in [1.29, 1.82) is 0 Å². The van der Waals surface area contributed by atoms with Crippen molar-refractivity contribution in [2.75, 3.05) is 6.54 Å². The van der Waals surface area contributed by atoms with Gasteiger partial charge in [0, 0.05) is 23.9 Å². The van der Waals surface area contributed by atoms with Crippen molar-refractivity contribution in [2.24, 2.45) is 5.92 Å². The van der Waals surface area contributed by atoms with Crippen molar-refractivity contribution in [3.05, 3.63) is 41.7 Å². The lowest BCUT2D eigenvalue weighted by Crippen LogP contribution is -2.37. The van der Waals surface area contributed by atoms with E-state index < -0.39 is 0 Å². The second-order valence-corrected chi connectivity index (χ2v) is 8.77. The first-order chi connectivity index (χ1) is 13.3. The third-order valence-corrected chi connectivity index (χ3v) is 6.89. The third-order valence-electron chi connectivity index (χ3n) is 5.94. The highest BCUT2D eigenvalue weighted by atomic mass is 32.2. The van der Waals surface area contributed by atoms with Crippen LogP contribution in [0.3, 0.4) is 0 Å². The third kappa shape index (κ3) is 4.72. The van der Waals surface area contributed by atoms with Crippen LogP contribution in [0, 0.1) is 5.92 Å². The number of nitrogens with zero attached hydrogens (tertiary/aromatic N) is 3. The first-order valence-corrected chi connectivity index (χ1v) is 11.2. The fourth-order valence-corrected chi connectivity index (χ4v) is 5.22. The van der Waals surface area contributed by atoms with E-state index in [4.69, 9.17) is 0 Å². The van der Waals surface area contributed by atoms with Crippen LogP contribution in [-0.2, 0) is 5.75 Å². The largest absolute Gasteiger partial charge is 0.336 e. The molecule has 2 aliphatic rings. The van der Waals surface area contributed by atoms with E-state index in [-0.39, 0.29) is 5.91 Å². The summed E-state index contributed by atoms with van der Waals surface area (Å²) in [6.07, 6.45) is 11.9. The van der Waals surface area contributed by atoms with E-state index in [9.17, 15) is 4.79 Å². The van der Waals surface area contributed by atoms with E-state index in [1.807, 2.05) is 12.1 Å². The van der Waals surface area contributed by atoms with Gasteiger partial charge in [-0.1, -0.05) is 56.0 Å². The Morgan fingerprint density at radius 1 is 1.11 bits per heavy atom. The number of aromatic amines is 1. The van der Waals surface area contributed by atoms with E-state index in [1.54, 1.807) is 11.8 Å². The number of nitrogens with one attached hydrogen (secondary N) is 1. The van der Waals surface area contributed by atoms with Crippen molar-refractivity contribution in [2.45, 2.75) is 68.3 Å². The number of carbonyl (C=O) groups excluding carboxylic acids is 1. The Kier molecular flexibility index (Phi) is 6.12. The van der Waals surface area contributed by atoms with Crippen molar-refractivity contribution in [1.82, 2.24) is 20.1 Å². The summed E-state index contributed by atoms with van der Waals surface area (Å²) in [5.74, 6) is 1.85. The molecule has 6 heteroatoms. The zero-order valence-corrected chi connectivity index (χ0v) is 16.6. The molecule has 144 valence electrons. The molecule has 0 radical (unpaired) electrons. The fraction of sp³-hybridized carbons (Fsp3) is 0.571. The molecule has 2 fully saturated rings. The predicted molar refractivity (Wildman–Crippen MR) is 108 cm³/mol. The van der Waals surface area contributed by atoms with Gasteiger partial charge in [-0.3, -0.25) is 9.89 Å². The molecule has 5 nitrogen and oxygen atoms in total. The lowest BCUT2D eigenvalue weighted by atomic mass is 9.84. The van der Waals surface area contributed by atoms with Gasteiger partial charge < -0.3 is 4.90 Å². The Balaban J connectivity index is 1.34. The Morgan fingerprint density at radius 3 is 2.67 bits per heavy atom. The maximum absolute atomic E-state index is 13.1. The first kappa shape index (κ1) is 18.5. The maximum atomic E-state index is 13.1. The number of amides is 1. The molecule has 1 aromatic carbocycles. The van der Waals surface area contributed by atoms with E-state index in [1.165, 1.54) is 56.8 Å². The number of H-pyrrole nitrogens is 1. The minimum Gasteiger partial charge on any atom is -0.336 e. The molecule has 4 rings (SSSR count). The van der Waals surface area contributed by atoms with Crippen LogP contribution < -0.4 is 0 Å². The highest BCUT2D eigenvalue weighted by Gasteiger charge is 2.31. The van der Waals surface area contributed by atoms with Gasteiger partial charge in [0.25, 0.3) is 5.91 Å². The van der Waals surface area contributed by atoms with Crippen LogP contribution in [-0.4, -0.2) is 38.6 Å². The molecule has 1 saturated heterocycles. The fourth-order valence-electron chi connectivity index (χ4n) is 4.48. The molecule has 27 heavy (non-hydrogen) atoms. The number of thioether (sulfide) groups is 1. The summed E-state index contributed by atoms with van der Waals surface area (Å²) in [5.41, 5.74) is 2.01. The Hall–Kier alpha value is -1.82. The average Bonchev–Trinajstić information content (AvgIpc) is 3.39. The molecule has 1 amide bonds. The predicted octanol–water partition coefficient (Wildman–Crippen LogP) is 4.67. The summed E-state index contributed by atoms with van der Waals surface area (Å²) in [5, 5.41) is 7.53. The van der Waals surface area contributed by atoms with Gasteiger partial charge in [-0.05, 0) is 42.9 Å². The minimum absolute atomic E-state index is 0.211. The van der Waals surface area contributed by atoms with Crippen LogP contribution in [0.4, 0.5) is 0 Å². The minimum atomic E-state index is 0.211. The number of hydrogen-bond acceptors (Lipinski definition) is 4. The van der Waals surface area contributed by atoms with E-state index in [0.717, 1.165) is 35.4 Å². The van der Waals surface area contributed by atoms with Crippen LogP contribution in [0.1, 0.15) is 67.3 Å². The maximum Gasteiger partial charge on any atom is 0.254 e. The Morgan fingerprint density at radius 2 is 1.93 bits per heavy atom. The quantitative estimate of drug-likeness (QED) is 0.735. The van der Waals surface area contributed by atoms with Crippen molar-refractivity contribution >= 4 is 17.7 Å². The van der Waals surface area contributed by atoms with Gasteiger partial charge in [-0.2, -0.15) is 5.10 Å². The SMILES string of the molecule is O=C(c1ccc(CSc2ncn[nH]2)cc1)N1CCCC1CC1CCCCC1. The van der Waals surface area contributed by atoms with Gasteiger partial charge in [0.1, 0.15) is 6.33 Å². The summed E-state index contributed by atoms with van der Waals surface area (Å²) in [6.45, 7) is 0.916. The van der Waals surface area contributed by atoms with Crippen molar-refractivity contribution < 1.29 is 4.79 Å². The Bertz CT molecular complexity index is 725. The van der Waals surface area contributed by atoms with Gasteiger partial charge in [-0.15, -0.1) is 0 Å². The molecule has 2 heterocycles. The molecule has 1 saturated carbocycles. The topological polar surface area (TPSA) is 61.9 Å². The molecule has 1 aliphatic heterocycles. The average molecular weight is 385 g/mol. The molecule has 1 unspecified atom stereocenters. The number of benzene rings is 1. The lowest BCUT2D eigenvalue weighted by Gasteiger charge is -2.30. The summed E-state index contributed by atoms with van der Waals surface area (Å²) in [6, 6.07) is 8.52. The molecule has 1 aromatic heterocycles. The molecule has 1 atom stereocenters. The Labute approximate surface area is 165 Å². The van der Waals surface area contributed by atoms with Gasteiger partial charge in [0.15, 0.2) is 5.16 Å². The zero-order valence-electron chi connectivity index (χ0n) is 15.8. The van der Waals surface area contributed by atoms with Gasteiger partial charge in [0.05, 0.1) is 0 Å². The highest BCUT2D eigenvalue weighted by Crippen LogP contribution is 2.32. The number of carbonyl (C=O) groups is 1. The monoisotopic (exact) mass is 384 g/mol. The lowest BCUT2D eigenvalue weighted by molar-refractivity contribution is 0.0711. The number of rotatable bonds is 6. The van der Waals surface area contributed by atoms with Crippen LogP contribution in [0.5, 0.6) is 0 Å². The summed E-state index contributed by atoms with van der Waals surface area (Å²) in [4.78, 5) is 19.3. The van der Waals surface area contributed by atoms with Crippen molar-refractivity contribution in [3.8, 4) is 0 Å². The van der Waals surface area contributed by atoms with Gasteiger partial charge in [-0.25, -0.2) is 4.98 Å². The molecule has 1 aliphatic carbocycles. The number of aromatic nitrogens is 3. The summed E-state index contributed by atoms with van der Waals surface area (Å²) >= 11 is 1.62. The first-order valence-electron chi connectivity index (χ1n) is 10.2. The van der Waals surface area contributed by atoms with Crippen molar-refractivity contribution in [3.63, 3.8) is 0 Å². The smallest absolute Gasteiger partial charge is 0.254 e.